The maximum Gasteiger partial charge on any atom is 0.257 e. The summed E-state index contributed by atoms with van der Waals surface area (Å²) in [5, 5.41) is 2.94. The summed E-state index contributed by atoms with van der Waals surface area (Å²) in [6.45, 7) is 7.41. The third kappa shape index (κ3) is 5.09. The molecule has 2 heterocycles. The van der Waals surface area contributed by atoms with Crippen molar-refractivity contribution >= 4 is 11.8 Å². The molecule has 0 radical (unpaired) electrons. The summed E-state index contributed by atoms with van der Waals surface area (Å²) < 4.78 is 10.9. The number of rotatable bonds is 8. The lowest BCUT2D eigenvalue weighted by atomic mass is 10.1. The van der Waals surface area contributed by atoms with Gasteiger partial charge in [0.1, 0.15) is 5.76 Å². The lowest BCUT2D eigenvalue weighted by Crippen LogP contribution is -2.41. The van der Waals surface area contributed by atoms with Crippen LogP contribution in [0, 0.1) is 6.92 Å². The van der Waals surface area contributed by atoms with E-state index in [4.69, 9.17) is 9.15 Å². The van der Waals surface area contributed by atoms with E-state index < -0.39 is 0 Å². The molecule has 1 aliphatic rings. The molecule has 2 unspecified atom stereocenters. The number of ether oxygens (including phenoxy) is 1. The van der Waals surface area contributed by atoms with Crippen molar-refractivity contribution in [1.82, 2.24) is 10.2 Å². The van der Waals surface area contributed by atoms with Crippen molar-refractivity contribution < 1.29 is 18.7 Å². The largest absolute Gasteiger partial charge is 0.469 e. The molecule has 24 heavy (non-hydrogen) atoms. The number of aryl methyl sites for hydroxylation is 1. The zero-order chi connectivity index (χ0) is 17.5. The van der Waals surface area contributed by atoms with Crippen LogP contribution in [0.4, 0.5) is 0 Å². The van der Waals surface area contributed by atoms with Gasteiger partial charge in [0.2, 0.25) is 5.91 Å². The standard InChI is InChI=1S/C18H28N2O4/c1-4-13(2)19-17(21)7-9-20(12-15-6-5-10-24-15)18(22)16-8-11-23-14(16)3/h8,11,13,15H,4-7,9-10,12H2,1-3H3,(H,19,21). The number of nitrogens with zero attached hydrogens (tertiary/aromatic N) is 1. The first kappa shape index (κ1) is 18.5. The molecule has 0 aromatic carbocycles. The number of carbonyl (C=O) groups excluding carboxylic acids is 2. The van der Waals surface area contributed by atoms with E-state index in [0.29, 0.717) is 30.8 Å². The number of furan rings is 1. The van der Waals surface area contributed by atoms with Crippen LogP contribution in [0.25, 0.3) is 0 Å². The van der Waals surface area contributed by atoms with Gasteiger partial charge in [-0.25, -0.2) is 0 Å². The third-order valence-electron chi connectivity index (χ3n) is 4.45. The predicted octanol–water partition coefficient (Wildman–Crippen LogP) is 2.51. The minimum absolute atomic E-state index is 0.0293. The van der Waals surface area contributed by atoms with E-state index in [2.05, 4.69) is 5.32 Å². The first-order valence-electron chi connectivity index (χ1n) is 8.75. The minimum Gasteiger partial charge on any atom is -0.469 e. The highest BCUT2D eigenvalue weighted by Gasteiger charge is 2.25. The van der Waals surface area contributed by atoms with Gasteiger partial charge in [0, 0.05) is 32.2 Å². The molecule has 2 rings (SSSR count). The Balaban J connectivity index is 1.98. The average molecular weight is 336 g/mol. The molecule has 0 aliphatic carbocycles. The lowest BCUT2D eigenvalue weighted by Gasteiger charge is -2.25. The molecule has 134 valence electrons. The van der Waals surface area contributed by atoms with Crippen LogP contribution in [0.3, 0.4) is 0 Å². The van der Waals surface area contributed by atoms with Crippen LogP contribution in [-0.4, -0.2) is 48.6 Å². The second kappa shape index (κ2) is 8.87. The van der Waals surface area contributed by atoms with Crippen LogP contribution in [-0.2, 0) is 9.53 Å². The Kier molecular flexibility index (Phi) is 6.85. The Morgan fingerprint density at radius 1 is 1.46 bits per heavy atom. The monoisotopic (exact) mass is 336 g/mol. The van der Waals surface area contributed by atoms with Crippen molar-refractivity contribution in [3.05, 3.63) is 23.7 Å². The fourth-order valence-corrected chi connectivity index (χ4v) is 2.77. The van der Waals surface area contributed by atoms with E-state index in [1.807, 2.05) is 13.8 Å². The topological polar surface area (TPSA) is 71.8 Å². The molecule has 1 fully saturated rings. The first-order valence-corrected chi connectivity index (χ1v) is 8.75. The predicted molar refractivity (Wildman–Crippen MR) is 90.8 cm³/mol. The highest BCUT2D eigenvalue weighted by Crippen LogP contribution is 2.17. The summed E-state index contributed by atoms with van der Waals surface area (Å²) in [5.41, 5.74) is 0.551. The number of amides is 2. The molecular formula is C18H28N2O4. The van der Waals surface area contributed by atoms with Crippen LogP contribution in [0.5, 0.6) is 0 Å². The SMILES string of the molecule is CCC(C)NC(=O)CCN(CC1CCCO1)C(=O)c1ccoc1C. The van der Waals surface area contributed by atoms with Crippen molar-refractivity contribution in [2.24, 2.45) is 0 Å². The molecule has 0 spiro atoms. The van der Waals surface area contributed by atoms with Gasteiger partial charge in [-0.2, -0.15) is 0 Å². The van der Waals surface area contributed by atoms with Crippen LogP contribution >= 0.6 is 0 Å². The van der Waals surface area contributed by atoms with E-state index in [-0.39, 0.29) is 24.0 Å². The molecule has 0 bridgehead atoms. The average Bonchev–Trinajstić information content (AvgIpc) is 3.22. The van der Waals surface area contributed by atoms with Gasteiger partial charge >= 0.3 is 0 Å². The molecule has 0 saturated carbocycles. The van der Waals surface area contributed by atoms with E-state index in [1.165, 1.54) is 6.26 Å². The number of hydrogen-bond acceptors (Lipinski definition) is 4. The molecule has 1 aliphatic heterocycles. The fourth-order valence-electron chi connectivity index (χ4n) is 2.77. The van der Waals surface area contributed by atoms with E-state index in [1.54, 1.807) is 17.9 Å². The summed E-state index contributed by atoms with van der Waals surface area (Å²) in [6, 6.07) is 1.83. The molecule has 2 atom stereocenters. The quantitative estimate of drug-likeness (QED) is 0.792. The van der Waals surface area contributed by atoms with Crippen molar-refractivity contribution in [2.45, 2.75) is 58.6 Å². The summed E-state index contributed by atoms with van der Waals surface area (Å²) in [5.74, 6) is 0.466. The van der Waals surface area contributed by atoms with Gasteiger partial charge in [0.25, 0.3) is 5.91 Å². The molecule has 1 N–H and O–H groups in total. The molecule has 6 nitrogen and oxygen atoms in total. The van der Waals surface area contributed by atoms with Crippen molar-refractivity contribution in [2.75, 3.05) is 19.7 Å². The van der Waals surface area contributed by atoms with Gasteiger partial charge in [0.05, 0.1) is 17.9 Å². The van der Waals surface area contributed by atoms with Gasteiger partial charge in [-0.3, -0.25) is 9.59 Å². The van der Waals surface area contributed by atoms with Gasteiger partial charge in [-0.05, 0) is 39.2 Å². The van der Waals surface area contributed by atoms with Crippen molar-refractivity contribution in [3.63, 3.8) is 0 Å². The summed E-state index contributed by atoms with van der Waals surface area (Å²) in [4.78, 5) is 26.5. The van der Waals surface area contributed by atoms with Crippen LogP contribution in [0.2, 0.25) is 0 Å². The third-order valence-corrected chi connectivity index (χ3v) is 4.45. The Bertz CT molecular complexity index is 549. The Hall–Kier alpha value is -1.82. The van der Waals surface area contributed by atoms with E-state index in [0.717, 1.165) is 25.9 Å². The van der Waals surface area contributed by atoms with Gasteiger partial charge in [-0.1, -0.05) is 6.92 Å². The van der Waals surface area contributed by atoms with E-state index in [9.17, 15) is 9.59 Å². The summed E-state index contributed by atoms with van der Waals surface area (Å²) in [7, 11) is 0. The van der Waals surface area contributed by atoms with Gasteiger partial charge in [0.15, 0.2) is 0 Å². The summed E-state index contributed by atoms with van der Waals surface area (Å²) in [6.07, 6.45) is 4.72. The number of nitrogens with one attached hydrogen (secondary N) is 1. The van der Waals surface area contributed by atoms with Gasteiger partial charge in [-0.15, -0.1) is 0 Å². The second-order valence-electron chi connectivity index (χ2n) is 6.40. The zero-order valence-corrected chi connectivity index (χ0v) is 14.8. The maximum absolute atomic E-state index is 12.8. The maximum atomic E-state index is 12.8. The van der Waals surface area contributed by atoms with Crippen molar-refractivity contribution in [3.8, 4) is 0 Å². The highest BCUT2D eigenvalue weighted by molar-refractivity contribution is 5.95. The Morgan fingerprint density at radius 2 is 2.25 bits per heavy atom. The Labute approximate surface area is 143 Å². The molecule has 2 amide bonds. The number of hydrogen-bond donors (Lipinski definition) is 1. The van der Waals surface area contributed by atoms with Crippen molar-refractivity contribution in [1.29, 1.82) is 0 Å². The minimum atomic E-state index is -0.104. The molecule has 1 aromatic rings. The molecule has 6 heteroatoms. The van der Waals surface area contributed by atoms with Gasteiger partial charge < -0.3 is 19.4 Å². The fraction of sp³-hybridized carbons (Fsp3) is 0.667. The molecular weight excluding hydrogens is 308 g/mol. The van der Waals surface area contributed by atoms with Crippen LogP contribution < -0.4 is 5.32 Å². The zero-order valence-electron chi connectivity index (χ0n) is 14.8. The lowest BCUT2D eigenvalue weighted by molar-refractivity contribution is -0.121. The molecule has 1 aromatic heterocycles. The van der Waals surface area contributed by atoms with Crippen LogP contribution in [0.1, 0.15) is 55.6 Å². The Morgan fingerprint density at radius 3 is 2.83 bits per heavy atom. The van der Waals surface area contributed by atoms with E-state index >= 15 is 0 Å². The molecule has 1 saturated heterocycles. The smallest absolute Gasteiger partial charge is 0.257 e. The number of carbonyl (C=O) groups is 2. The van der Waals surface area contributed by atoms with Crippen LogP contribution in [0.15, 0.2) is 16.7 Å². The summed E-state index contributed by atoms with van der Waals surface area (Å²) >= 11 is 0. The second-order valence-corrected chi connectivity index (χ2v) is 6.40. The highest BCUT2D eigenvalue weighted by atomic mass is 16.5. The first-order chi connectivity index (χ1) is 11.5. The normalized spacial score (nSPS) is 18.4.